The van der Waals surface area contributed by atoms with Crippen LogP contribution in [-0.2, 0) is 17.8 Å². The van der Waals surface area contributed by atoms with E-state index in [-0.39, 0.29) is 11.5 Å². The summed E-state index contributed by atoms with van der Waals surface area (Å²) >= 11 is 0. The van der Waals surface area contributed by atoms with Crippen molar-refractivity contribution < 1.29 is 4.79 Å². The highest BCUT2D eigenvalue weighted by Gasteiger charge is 2.22. The molecule has 1 fully saturated rings. The first-order valence-corrected chi connectivity index (χ1v) is 11.4. The molecule has 1 amide bonds. The molecular weight excluding hydrogens is 388 g/mol. The number of hydrogen-bond donors (Lipinski definition) is 1. The maximum absolute atomic E-state index is 13.4. The topological polar surface area (TPSA) is 68.9 Å². The van der Waals surface area contributed by atoms with Crippen LogP contribution in [0.25, 0.3) is 16.7 Å². The quantitative estimate of drug-likeness (QED) is 0.652. The molecule has 0 atom stereocenters. The number of pyridine rings is 1. The van der Waals surface area contributed by atoms with Gasteiger partial charge in [-0.3, -0.25) is 14.2 Å². The molecule has 1 aromatic carbocycles. The van der Waals surface area contributed by atoms with E-state index in [1.54, 1.807) is 4.57 Å². The molecule has 1 N–H and O–H groups in total. The standard InChI is InChI=1S/C25H32N4O2/c1-5-28-24-23(18(4)27-29(24)20-12-8-9-16(2)15-20)17(3)21(25(28)31)13-14-22(30)26-19-10-6-7-11-19/h8-9,12,15,19H,5-7,10-11,13-14H2,1-4H3,(H,26,30). The molecule has 0 spiro atoms. The number of hydrogen-bond acceptors (Lipinski definition) is 3. The normalized spacial score (nSPS) is 14.5. The monoisotopic (exact) mass is 420 g/mol. The number of benzene rings is 1. The lowest BCUT2D eigenvalue weighted by atomic mass is 10.0. The molecule has 3 aromatic rings. The molecular formula is C25H32N4O2. The molecule has 164 valence electrons. The van der Waals surface area contributed by atoms with E-state index in [2.05, 4.69) is 24.4 Å². The van der Waals surface area contributed by atoms with Crippen LogP contribution in [-0.4, -0.2) is 26.3 Å². The zero-order valence-corrected chi connectivity index (χ0v) is 19.0. The van der Waals surface area contributed by atoms with Gasteiger partial charge in [-0.05, 0) is 70.2 Å². The fourth-order valence-corrected chi connectivity index (χ4v) is 4.91. The molecule has 6 heteroatoms. The van der Waals surface area contributed by atoms with Gasteiger partial charge in [-0.2, -0.15) is 5.10 Å². The van der Waals surface area contributed by atoms with Crippen molar-refractivity contribution in [3.63, 3.8) is 0 Å². The highest BCUT2D eigenvalue weighted by atomic mass is 16.1. The minimum absolute atomic E-state index is 0.0185. The zero-order chi connectivity index (χ0) is 22.1. The van der Waals surface area contributed by atoms with Crippen LogP contribution < -0.4 is 10.9 Å². The van der Waals surface area contributed by atoms with E-state index >= 15 is 0 Å². The second-order valence-corrected chi connectivity index (χ2v) is 8.74. The van der Waals surface area contributed by atoms with E-state index in [1.165, 1.54) is 12.8 Å². The van der Waals surface area contributed by atoms with Crippen LogP contribution in [0.1, 0.15) is 61.4 Å². The van der Waals surface area contributed by atoms with Crippen LogP contribution in [0.5, 0.6) is 0 Å². The summed E-state index contributed by atoms with van der Waals surface area (Å²) in [6.45, 7) is 8.56. The second-order valence-electron chi connectivity index (χ2n) is 8.74. The number of nitrogens with one attached hydrogen (secondary N) is 1. The highest BCUT2D eigenvalue weighted by molar-refractivity contribution is 5.85. The number of carbonyl (C=O) groups is 1. The minimum atomic E-state index is -0.0185. The van der Waals surface area contributed by atoms with E-state index in [4.69, 9.17) is 5.10 Å². The largest absolute Gasteiger partial charge is 0.353 e. The van der Waals surface area contributed by atoms with Crippen molar-refractivity contribution in [2.45, 2.75) is 78.8 Å². The number of aryl methyl sites for hydroxylation is 4. The van der Waals surface area contributed by atoms with E-state index in [0.29, 0.717) is 25.4 Å². The average Bonchev–Trinajstić information content (AvgIpc) is 3.36. The first-order valence-electron chi connectivity index (χ1n) is 11.4. The van der Waals surface area contributed by atoms with Crippen molar-refractivity contribution in [3.8, 4) is 5.69 Å². The van der Waals surface area contributed by atoms with Crippen molar-refractivity contribution >= 4 is 16.9 Å². The van der Waals surface area contributed by atoms with E-state index in [9.17, 15) is 9.59 Å². The zero-order valence-electron chi connectivity index (χ0n) is 19.0. The third kappa shape index (κ3) is 4.03. The Labute approximate surface area is 183 Å². The van der Waals surface area contributed by atoms with Gasteiger partial charge in [0.25, 0.3) is 5.56 Å². The Morgan fingerprint density at radius 2 is 1.94 bits per heavy atom. The van der Waals surface area contributed by atoms with Crippen molar-refractivity contribution in [3.05, 3.63) is 57.0 Å². The van der Waals surface area contributed by atoms with Gasteiger partial charge in [0.2, 0.25) is 5.91 Å². The van der Waals surface area contributed by atoms with Crippen LogP contribution in [0.4, 0.5) is 0 Å². The third-order valence-electron chi connectivity index (χ3n) is 6.51. The number of amides is 1. The molecule has 31 heavy (non-hydrogen) atoms. The molecule has 4 rings (SSSR count). The lowest BCUT2D eigenvalue weighted by molar-refractivity contribution is -0.121. The lowest BCUT2D eigenvalue weighted by Gasteiger charge is -2.15. The number of nitrogens with zero attached hydrogens (tertiary/aromatic N) is 3. The maximum atomic E-state index is 13.4. The van der Waals surface area contributed by atoms with Crippen molar-refractivity contribution in [1.29, 1.82) is 0 Å². The van der Waals surface area contributed by atoms with Gasteiger partial charge in [0, 0.05) is 30.0 Å². The lowest BCUT2D eigenvalue weighted by Crippen LogP contribution is -2.33. The highest BCUT2D eigenvalue weighted by Crippen LogP contribution is 2.27. The first kappa shape index (κ1) is 21.3. The molecule has 0 bridgehead atoms. The minimum Gasteiger partial charge on any atom is -0.353 e. The Kier molecular flexibility index (Phi) is 5.99. The molecule has 0 unspecified atom stereocenters. The molecule has 1 aliphatic rings. The molecule has 6 nitrogen and oxygen atoms in total. The van der Waals surface area contributed by atoms with Gasteiger partial charge in [0.05, 0.1) is 11.4 Å². The summed E-state index contributed by atoms with van der Waals surface area (Å²) in [5.41, 5.74) is 5.46. The molecule has 0 radical (unpaired) electrons. The van der Waals surface area contributed by atoms with Gasteiger partial charge in [0.15, 0.2) is 0 Å². The van der Waals surface area contributed by atoms with E-state index < -0.39 is 0 Å². The van der Waals surface area contributed by atoms with Crippen molar-refractivity contribution in [2.24, 2.45) is 0 Å². The number of aromatic nitrogens is 3. The third-order valence-corrected chi connectivity index (χ3v) is 6.51. The Balaban J connectivity index is 1.74. The van der Waals surface area contributed by atoms with Gasteiger partial charge in [-0.15, -0.1) is 0 Å². The Morgan fingerprint density at radius 1 is 1.19 bits per heavy atom. The summed E-state index contributed by atoms with van der Waals surface area (Å²) in [6.07, 6.45) is 5.30. The summed E-state index contributed by atoms with van der Waals surface area (Å²) in [7, 11) is 0. The molecule has 0 saturated heterocycles. The SMILES string of the molecule is CCn1c(=O)c(CCC(=O)NC2CCCC2)c(C)c2c(C)nn(-c3cccc(C)c3)c21. The summed E-state index contributed by atoms with van der Waals surface area (Å²) < 4.78 is 3.68. The summed E-state index contributed by atoms with van der Waals surface area (Å²) in [5.74, 6) is 0.0426. The first-order chi connectivity index (χ1) is 14.9. The Bertz CT molecular complexity index is 1180. The Hall–Kier alpha value is -2.89. The Morgan fingerprint density at radius 3 is 2.61 bits per heavy atom. The van der Waals surface area contributed by atoms with Crippen LogP contribution in [0.2, 0.25) is 0 Å². The predicted molar refractivity (Wildman–Crippen MR) is 124 cm³/mol. The van der Waals surface area contributed by atoms with Crippen molar-refractivity contribution in [2.75, 3.05) is 0 Å². The van der Waals surface area contributed by atoms with Crippen LogP contribution >= 0.6 is 0 Å². The molecule has 2 aromatic heterocycles. The summed E-state index contributed by atoms with van der Waals surface area (Å²) in [4.78, 5) is 25.9. The van der Waals surface area contributed by atoms with Gasteiger partial charge >= 0.3 is 0 Å². The van der Waals surface area contributed by atoms with Crippen LogP contribution in [0, 0.1) is 20.8 Å². The van der Waals surface area contributed by atoms with Crippen LogP contribution in [0.15, 0.2) is 29.1 Å². The molecule has 0 aliphatic heterocycles. The average molecular weight is 421 g/mol. The van der Waals surface area contributed by atoms with Crippen LogP contribution in [0.3, 0.4) is 0 Å². The smallest absolute Gasteiger partial charge is 0.255 e. The van der Waals surface area contributed by atoms with Gasteiger partial charge in [-0.1, -0.05) is 25.0 Å². The fourth-order valence-electron chi connectivity index (χ4n) is 4.91. The summed E-state index contributed by atoms with van der Waals surface area (Å²) in [5, 5.41) is 8.93. The van der Waals surface area contributed by atoms with Gasteiger partial charge in [0.1, 0.15) is 5.65 Å². The number of rotatable bonds is 6. The number of carbonyl (C=O) groups excluding carboxylic acids is 1. The second kappa shape index (κ2) is 8.69. The van der Waals surface area contributed by atoms with Crippen molar-refractivity contribution in [1.82, 2.24) is 19.7 Å². The number of fused-ring (bicyclic) bond motifs is 1. The molecule has 2 heterocycles. The van der Waals surface area contributed by atoms with Gasteiger partial charge in [-0.25, -0.2) is 4.68 Å². The molecule has 1 saturated carbocycles. The maximum Gasteiger partial charge on any atom is 0.255 e. The summed E-state index contributed by atoms with van der Waals surface area (Å²) in [6, 6.07) is 8.45. The van der Waals surface area contributed by atoms with E-state index in [1.807, 2.05) is 37.6 Å². The van der Waals surface area contributed by atoms with Gasteiger partial charge < -0.3 is 5.32 Å². The fraction of sp³-hybridized carbons (Fsp3) is 0.480. The predicted octanol–water partition coefficient (Wildman–Crippen LogP) is 4.12. The molecule has 1 aliphatic carbocycles. The van der Waals surface area contributed by atoms with E-state index in [0.717, 1.165) is 51.9 Å².